The lowest BCUT2D eigenvalue weighted by Gasteiger charge is -2.32. The van der Waals surface area contributed by atoms with Crippen LogP contribution in [0.25, 0.3) is 0 Å². The van der Waals surface area contributed by atoms with Crippen molar-refractivity contribution in [1.82, 2.24) is 0 Å². The molecule has 318 valence electrons. The molecule has 0 amide bonds. The smallest absolute Gasteiger partial charge is 0.340 e. The molecule has 14 heteroatoms. The van der Waals surface area contributed by atoms with Gasteiger partial charge in [-0.1, -0.05) is 18.2 Å². The highest BCUT2D eigenvalue weighted by molar-refractivity contribution is 5.96. The Morgan fingerprint density at radius 1 is 0.500 bits per heavy atom. The maximum atomic E-state index is 13.9. The van der Waals surface area contributed by atoms with Crippen LogP contribution in [0.5, 0.6) is 11.5 Å². The van der Waals surface area contributed by atoms with E-state index in [1.165, 1.54) is 0 Å². The van der Waals surface area contributed by atoms with Gasteiger partial charge in [-0.15, -0.1) is 0 Å². The molecule has 4 bridgehead atoms. The van der Waals surface area contributed by atoms with Crippen molar-refractivity contribution in [1.29, 1.82) is 0 Å². The second-order valence-electron chi connectivity index (χ2n) is 14.9. The topological polar surface area (TPSA) is 159 Å². The summed E-state index contributed by atoms with van der Waals surface area (Å²) in [5.41, 5.74) is 2.39. The van der Waals surface area contributed by atoms with Crippen LogP contribution in [0, 0.1) is 0 Å². The van der Waals surface area contributed by atoms with Crippen LogP contribution in [0.15, 0.2) is 48.5 Å². The van der Waals surface area contributed by atoms with Crippen molar-refractivity contribution in [2.75, 3.05) is 79.3 Å². The predicted molar refractivity (Wildman–Crippen MR) is 210 cm³/mol. The molecule has 3 heterocycles. The molecule has 0 unspecified atom stereocenters. The number of rotatable bonds is 2. The highest BCUT2D eigenvalue weighted by Crippen LogP contribution is 2.50. The van der Waals surface area contributed by atoms with Gasteiger partial charge in [0.1, 0.15) is 11.5 Å². The van der Waals surface area contributed by atoms with E-state index in [0.717, 1.165) is 0 Å². The SMILES string of the molecule is C[C@H]1COCc2cc(C3(c4cc5c(O)c(c4)COC[C@H](C)OCCOCCO[C@@H](C)COC5)OC(=O)c4ccccc43)cc(c2O)COC[C@H](C)OCCOCCO1. The Balaban J connectivity index is 1.44. The second kappa shape index (κ2) is 21.5. The second-order valence-corrected chi connectivity index (χ2v) is 14.9. The van der Waals surface area contributed by atoms with Crippen LogP contribution in [0.3, 0.4) is 0 Å². The average Bonchev–Trinajstić information content (AvgIpc) is 3.51. The normalized spacial score (nSPS) is 25.3. The fourth-order valence-electron chi connectivity index (χ4n) is 7.15. The molecule has 0 saturated heterocycles. The number of hydrogen-bond acceptors (Lipinski definition) is 14. The minimum Gasteiger partial charge on any atom is -0.507 e. The third-order valence-electron chi connectivity index (χ3n) is 10.1. The maximum absolute atomic E-state index is 13.9. The van der Waals surface area contributed by atoms with Crippen molar-refractivity contribution in [3.63, 3.8) is 0 Å². The summed E-state index contributed by atoms with van der Waals surface area (Å²) in [6.45, 7) is 12.0. The molecule has 0 saturated carbocycles. The van der Waals surface area contributed by atoms with Gasteiger partial charge in [0.05, 0.1) is 136 Å². The lowest BCUT2D eigenvalue weighted by atomic mass is 9.77. The molecule has 14 nitrogen and oxygen atoms in total. The molecular formula is C44H58O14. The molecule has 3 aromatic carbocycles. The van der Waals surface area contributed by atoms with Crippen molar-refractivity contribution >= 4 is 5.97 Å². The number of esters is 1. The van der Waals surface area contributed by atoms with Crippen LogP contribution in [-0.4, -0.2) is 120 Å². The van der Waals surface area contributed by atoms with Gasteiger partial charge >= 0.3 is 5.97 Å². The van der Waals surface area contributed by atoms with E-state index in [4.69, 9.17) is 52.1 Å². The van der Waals surface area contributed by atoms with Crippen molar-refractivity contribution in [3.05, 3.63) is 93.0 Å². The predicted octanol–water partition coefficient (Wildman–Crippen LogP) is 5.31. The lowest BCUT2D eigenvalue weighted by Crippen LogP contribution is -2.31. The molecule has 4 atom stereocenters. The largest absolute Gasteiger partial charge is 0.507 e. The summed E-state index contributed by atoms with van der Waals surface area (Å²) < 4.78 is 65.8. The fraction of sp³-hybridized carbons (Fsp3) is 0.568. The van der Waals surface area contributed by atoms with Crippen molar-refractivity contribution in [2.24, 2.45) is 0 Å². The van der Waals surface area contributed by atoms with Gasteiger partial charge in [0.2, 0.25) is 0 Å². The summed E-state index contributed by atoms with van der Waals surface area (Å²) >= 11 is 0. The third kappa shape index (κ3) is 11.3. The molecule has 3 aliphatic heterocycles. The van der Waals surface area contributed by atoms with Crippen molar-refractivity contribution < 1.29 is 67.1 Å². The van der Waals surface area contributed by atoms with E-state index in [1.54, 1.807) is 36.4 Å². The molecule has 3 aliphatic rings. The molecule has 0 radical (unpaired) electrons. The van der Waals surface area contributed by atoms with E-state index in [0.29, 0.717) is 97.4 Å². The maximum Gasteiger partial charge on any atom is 0.340 e. The minimum absolute atomic E-state index is 0.000883. The summed E-state index contributed by atoms with van der Waals surface area (Å²) in [5.74, 6) is -0.519. The number of hydrogen-bond donors (Lipinski definition) is 2. The van der Waals surface area contributed by atoms with Crippen LogP contribution in [0.2, 0.25) is 0 Å². The monoisotopic (exact) mass is 810 g/mol. The van der Waals surface area contributed by atoms with Crippen LogP contribution >= 0.6 is 0 Å². The molecule has 3 aromatic rings. The standard InChI is InChI=1S/C44H58O14/c1-29-21-50-25-33-17-37(18-34(41(33)45)26-51-22-30(2)55-14-10-48-9-13-54-29)44(40-8-6-5-7-39(40)43(47)58-44)38-19-35-27-52-23-31(3)56-15-11-49-12-16-57-32(4)24-53-28-36(20-38)42(35)46/h5-8,17-20,29-32,45-46H,9-16,21-28H2,1-4H3/t29-,30-,31-,32-/m0/s1. The first-order chi connectivity index (χ1) is 28.2. The molecule has 58 heavy (non-hydrogen) atoms. The van der Waals surface area contributed by atoms with Crippen LogP contribution < -0.4 is 0 Å². The number of benzene rings is 3. The van der Waals surface area contributed by atoms with Crippen molar-refractivity contribution in [3.8, 4) is 11.5 Å². The highest BCUT2D eigenvalue weighted by atomic mass is 16.6. The number of aromatic hydroxyl groups is 2. The van der Waals surface area contributed by atoms with Gasteiger partial charge < -0.3 is 62.3 Å². The Labute approximate surface area is 340 Å². The Morgan fingerprint density at radius 3 is 1.21 bits per heavy atom. The number of fused-ring (bicyclic) bond motifs is 5. The molecule has 0 aliphatic carbocycles. The summed E-state index contributed by atoms with van der Waals surface area (Å²) in [4.78, 5) is 13.9. The van der Waals surface area contributed by atoms with Gasteiger partial charge in [-0.05, 0) is 58.0 Å². The molecular weight excluding hydrogens is 752 g/mol. The zero-order valence-electron chi connectivity index (χ0n) is 34.0. The first-order valence-corrected chi connectivity index (χ1v) is 20.1. The van der Waals surface area contributed by atoms with Crippen LogP contribution in [0.1, 0.15) is 77.0 Å². The molecule has 2 N–H and O–H groups in total. The Bertz CT molecular complexity index is 1600. The number of ether oxygens (including phenoxy) is 11. The first-order valence-electron chi connectivity index (χ1n) is 20.1. The number of carbonyl (C=O) groups is 1. The van der Waals surface area contributed by atoms with E-state index in [2.05, 4.69) is 0 Å². The van der Waals surface area contributed by atoms with Gasteiger partial charge in [-0.3, -0.25) is 0 Å². The molecule has 0 aromatic heterocycles. The van der Waals surface area contributed by atoms with Gasteiger partial charge in [-0.2, -0.15) is 0 Å². The zero-order chi connectivity index (χ0) is 40.9. The zero-order valence-corrected chi connectivity index (χ0v) is 34.0. The summed E-state index contributed by atoms with van der Waals surface area (Å²) in [5, 5.41) is 23.4. The number of phenolic OH excluding ortho intramolecular Hbond substituents is 2. The van der Waals surface area contributed by atoms with E-state index in [1.807, 2.05) is 39.8 Å². The van der Waals surface area contributed by atoms with E-state index in [-0.39, 0.29) is 88.8 Å². The lowest BCUT2D eigenvalue weighted by molar-refractivity contribution is -0.0553. The highest BCUT2D eigenvalue weighted by Gasteiger charge is 2.49. The molecule has 0 fully saturated rings. The summed E-state index contributed by atoms with van der Waals surface area (Å²) in [7, 11) is 0. The summed E-state index contributed by atoms with van der Waals surface area (Å²) in [6, 6.07) is 14.4. The number of cyclic esters (lactones) is 1. The number of carbonyl (C=O) groups excluding carboxylic acids is 1. The third-order valence-corrected chi connectivity index (χ3v) is 10.1. The minimum atomic E-state index is -1.53. The Morgan fingerprint density at radius 2 is 0.845 bits per heavy atom. The molecule has 6 rings (SSSR count). The van der Waals surface area contributed by atoms with E-state index < -0.39 is 11.6 Å². The quantitative estimate of drug-likeness (QED) is 0.321. The van der Waals surface area contributed by atoms with Gasteiger partial charge in [0, 0.05) is 38.9 Å². The van der Waals surface area contributed by atoms with Gasteiger partial charge in [0.15, 0.2) is 5.60 Å². The van der Waals surface area contributed by atoms with Gasteiger partial charge in [-0.25, -0.2) is 4.79 Å². The number of phenols is 2. The van der Waals surface area contributed by atoms with Gasteiger partial charge in [0.25, 0.3) is 0 Å². The fourth-order valence-corrected chi connectivity index (χ4v) is 7.15. The Kier molecular flexibility index (Phi) is 16.3. The first kappa shape index (κ1) is 43.9. The average molecular weight is 811 g/mol. The van der Waals surface area contributed by atoms with Crippen LogP contribution in [-0.2, 0) is 84.1 Å². The van der Waals surface area contributed by atoms with E-state index >= 15 is 0 Å². The summed E-state index contributed by atoms with van der Waals surface area (Å²) in [6.07, 6.45) is -0.966. The Hall–Kier alpha value is -3.67. The van der Waals surface area contributed by atoms with E-state index in [9.17, 15) is 15.0 Å². The van der Waals surface area contributed by atoms with Crippen molar-refractivity contribution in [2.45, 2.75) is 84.1 Å². The van der Waals surface area contributed by atoms with Crippen LogP contribution in [0.4, 0.5) is 0 Å². The molecule has 0 spiro atoms.